The number of hydrogen-bond acceptors (Lipinski definition) is 7. The average Bonchev–Trinajstić information content (AvgIpc) is 3.54. The van der Waals surface area contributed by atoms with E-state index in [-0.39, 0.29) is 29.8 Å². The van der Waals surface area contributed by atoms with E-state index in [4.69, 9.17) is 48.7 Å². The third kappa shape index (κ3) is 5.78. The molecular formula is C30H35B3N6O3S. The number of nitrogens with zero attached hydrogens (tertiary/aromatic N) is 5. The first-order valence-corrected chi connectivity index (χ1v) is 16.1. The Morgan fingerprint density at radius 3 is 2.53 bits per heavy atom. The average molecular weight is 592 g/mol. The lowest BCUT2D eigenvalue weighted by Gasteiger charge is -2.23. The number of thioether (sulfide) groups is 1. The predicted molar refractivity (Wildman–Crippen MR) is 174 cm³/mol. The number of pyridine rings is 1. The highest BCUT2D eigenvalue weighted by molar-refractivity contribution is 7.98. The number of likely N-dealkylation sites (tertiary alicyclic amines) is 1. The molecule has 4 heterocycles. The summed E-state index contributed by atoms with van der Waals surface area (Å²) in [4.78, 5) is 25.5. The normalized spacial score (nSPS) is 20.8. The van der Waals surface area contributed by atoms with Gasteiger partial charge in [0.05, 0.1) is 18.3 Å². The number of ether oxygens (including phenoxy) is 2. The minimum absolute atomic E-state index is 0.0543. The van der Waals surface area contributed by atoms with Gasteiger partial charge in [0, 0.05) is 54.5 Å². The second-order valence-electron chi connectivity index (χ2n) is 12.0. The van der Waals surface area contributed by atoms with Crippen LogP contribution in [-0.2, 0) is 13.1 Å². The van der Waals surface area contributed by atoms with Crippen molar-refractivity contribution in [3.05, 3.63) is 35.9 Å². The third-order valence-corrected chi connectivity index (χ3v) is 9.20. The van der Waals surface area contributed by atoms with Gasteiger partial charge >= 0.3 is 0 Å². The number of aromatic nitrogens is 4. The molecule has 0 unspecified atom stereocenters. The SMILES string of the molecule is [B]C([B])([B])Oc1ccc2cc(-c3nc4cc(C(=O)N5C[C@@H](C)[C@@H](N)[C@H]5C)cc(OC)c4n3CCSC)n(CC3CC3)c2n1. The van der Waals surface area contributed by atoms with Gasteiger partial charge in [0.25, 0.3) is 5.91 Å². The molecule has 1 amide bonds. The van der Waals surface area contributed by atoms with Crippen molar-refractivity contribution < 1.29 is 14.3 Å². The van der Waals surface area contributed by atoms with Crippen molar-refractivity contribution >= 4 is 63.3 Å². The molecule has 1 saturated heterocycles. The number of rotatable bonds is 10. The summed E-state index contributed by atoms with van der Waals surface area (Å²) < 4.78 is 15.8. The molecule has 3 aromatic heterocycles. The highest BCUT2D eigenvalue weighted by atomic mass is 32.2. The molecule has 1 saturated carbocycles. The zero-order valence-corrected chi connectivity index (χ0v) is 25.9. The number of methoxy groups -OCH3 is 1. The van der Waals surface area contributed by atoms with E-state index in [0.29, 0.717) is 35.8 Å². The maximum absolute atomic E-state index is 13.8. The number of carbonyl (C=O) groups is 1. The molecule has 4 aromatic rings. The number of amides is 1. The number of carbonyl (C=O) groups excluding carboxylic acids is 1. The number of nitrogens with two attached hydrogens (primary N) is 1. The van der Waals surface area contributed by atoms with Gasteiger partial charge in [0.2, 0.25) is 5.88 Å². The second kappa shape index (κ2) is 11.5. The van der Waals surface area contributed by atoms with Crippen LogP contribution in [0.15, 0.2) is 30.3 Å². The quantitative estimate of drug-likeness (QED) is 0.283. The van der Waals surface area contributed by atoms with Crippen LogP contribution in [0.1, 0.15) is 37.0 Å². The number of fused-ring (bicyclic) bond motifs is 2. The Kier molecular flexibility index (Phi) is 8.00. The standard InChI is InChI=1S/C30H35B3N6O3S/c1-16-14-38(17(2)25(16)34)29(40)20-11-21-26(23(13-20)41-3)37(9-10-43-4)28(35-21)22-12-19-7-8-24(42-30(31,32)33)36-27(19)39(22)15-18-5-6-18/h7-8,11-13,16-18,25H,5-6,9-10,14-15,34H2,1-4H3/t16-,17-,25-/m1/s1. The zero-order valence-electron chi connectivity index (χ0n) is 25.1. The summed E-state index contributed by atoms with van der Waals surface area (Å²) in [5, 5.41) is -0.912. The zero-order chi connectivity index (χ0) is 30.6. The molecule has 6 radical (unpaired) electrons. The predicted octanol–water partition coefficient (Wildman–Crippen LogP) is 3.14. The van der Waals surface area contributed by atoms with Crippen molar-refractivity contribution in [1.29, 1.82) is 0 Å². The van der Waals surface area contributed by atoms with Gasteiger partial charge in [-0.05, 0) is 67.4 Å². The Balaban J connectivity index is 1.51. The van der Waals surface area contributed by atoms with Gasteiger partial charge in [0.1, 0.15) is 40.5 Å². The van der Waals surface area contributed by atoms with Crippen molar-refractivity contribution in [3.8, 4) is 23.1 Å². The molecule has 1 aliphatic heterocycles. The highest BCUT2D eigenvalue weighted by Gasteiger charge is 2.37. The molecule has 2 N–H and O–H groups in total. The summed E-state index contributed by atoms with van der Waals surface area (Å²) in [5.41, 5.74) is 10.1. The monoisotopic (exact) mass is 592 g/mol. The summed E-state index contributed by atoms with van der Waals surface area (Å²) in [7, 11) is 18.7. The largest absolute Gasteiger partial charge is 0.501 e. The second-order valence-corrected chi connectivity index (χ2v) is 13.0. The summed E-state index contributed by atoms with van der Waals surface area (Å²) in [6.45, 7) is 6.20. The molecule has 0 bridgehead atoms. The molecule has 6 rings (SSSR count). The van der Waals surface area contributed by atoms with Crippen molar-refractivity contribution in [3.63, 3.8) is 0 Å². The summed E-state index contributed by atoms with van der Waals surface area (Å²) in [6, 6.07) is 9.32. The Labute approximate surface area is 260 Å². The number of hydrogen-bond donors (Lipinski definition) is 1. The smallest absolute Gasteiger partial charge is 0.254 e. The van der Waals surface area contributed by atoms with Crippen LogP contribution < -0.4 is 15.2 Å². The number of benzene rings is 1. The van der Waals surface area contributed by atoms with Gasteiger partial charge in [-0.25, -0.2) is 4.98 Å². The van der Waals surface area contributed by atoms with Gasteiger partial charge in [-0.2, -0.15) is 16.7 Å². The third-order valence-electron chi connectivity index (χ3n) is 8.61. The van der Waals surface area contributed by atoms with Crippen molar-refractivity contribution in [2.24, 2.45) is 17.6 Å². The van der Waals surface area contributed by atoms with Crippen molar-refractivity contribution in [2.45, 2.75) is 57.2 Å². The molecular weight excluding hydrogens is 557 g/mol. The lowest BCUT2D eigenvalue weighted by Crippen LogP contribution is -2.40. The van der Waals surface area contributed by atoms with Crippen LogP contribution >= 0.6 is 11.8 Å². The minimum atomic E-state index is -1.84. The van der Waals surface area contributed by atoms with Gasteiger partial charge in [-0.15, -0.1) is 0 Å². The van der Waals surface area contributed by atoms with Crippen LogP contribution in [0.3, 0.4) is 0 Å². The van der Waals surface area contributed by atoms with E-state index in [1.165, 1.54) is 0 Å². The first kappa shape index (κ1) is 30.0. The van der Waals surface area contributed by atoms with Crippen LogP contribution in [0.4, 0.5) is 0 Å². The molecule has 2 fully saturated rings. The first-order valence-electron chi connectivity index (χ1n) is 14.7. The molecule has 3 atom stereocenters. The fraction of sp³-hybridized carbons (Fsp3) is 0.500. The van der Waals surface area contributed by atoms with E-state index in [1.54, 1.807) is 24.9 Å². The minimum Gasteiger partial charge on any atom is -0.501 e. The molecule has 9 nitrogen and oxygen atoms in total. The summed E-state index contributed by atoms with van der Waals surface area (Å²) in [5.74, 6) is 3.21. The van der Waals surface area contributed by atoms with Crippen LogP contribution in [0.5, 0.6) is 11.6 Å². The summed E-state index contributed by atoms with van der Waals surface area (Å²) in [6.07, 6.45) is 4.40. The van der Waals surface area contributed by atoms with Crippen molar-refractivity contribution in [1.82, 2.24) is 24.0 Å². The van der Waals surface area contributed by atoms with Crippen LogP contribution in [0.2, 0.25) is 0 Å². The topological polar surface area (TPSA) is 100 Å². The number of imidazole rings is 1. The van der Waals surface area contributed by atoms with Gasteiger partial charge < -0.3 is 29.2 Å². The van der Waals surface area contributed by atoms with Crippen LogP contribution in [0, 0.1) is 11.8 Å². The van der Waals surface area contributed by atoms with E-state index < -0.39 is 5.30 Å². The lowest BCUT2D eigenvalue weighted by atomic mass is 9.52. The Morgan fingerprint density at radius 1 is 1.14 bits per heavy atom. The van der Waals surface area contributed by atoms with Crippen LogP contribution in [0.25, 0.3) is 33.6 Å². The van der Waals surface area contributed by atoms with Crippen molar-refractivity contribution in [2.75, 3.05) is 25.7 Å². The van der Waals surface area contributed by atoms with E-state index in [2.05, 4.69) is 28.4 Å². The van der Waals surface area contributed by atoms with E-state index in [1.807, 2.05) is 30.0 Å². The molecule has 218 valence electrons. The Hall–Kier alpha value is -3.05. The first-order chi connectivity index (χ1) is 20.5. The molecule has 1 aromatic carbocycles. The fourth-order valence-corrected chi connectivity index (χ4v) is 6.46. The Morgan fingerprint density at radius 2 is 1.91 bits per heavy atom. The highest BCUT2D eigenvalue weighted by Crippen LogP contribution is 2.39. The molecule has 13 heteroatoms. The van der Waals surface area contributed by atoms with E-state index in [9.17, 15) is 4.79 Å². The van der Waals surface area contributed by atoms with Gasteiger partial charge in [0.15, 0.2) is 5.82 Å². The molecule has 0 spiro atoms. The van der Waals surface area contributed by atoms with Gasteiger partial charge in [-0.1, -0.05) is 6.92 Å². The van der Waals surface area contributed by atoms with E-state index >= 15 is 0 Å². The molecule has 43 heavy (non-hydrogen) atoms. The molecule has 1 aliphatic carbocycles. The number of aryl methyl sites for hydroxylation is 1. The molecule has 2 aliphatic rings. The maximum Gasteiger partial charge on any atom is 0.254 e. The fourth-order valence-electron chi connectivity index (χ4n) is 6.10. The van der Waals surface area contributed by atoms with E-state index in [0.717, 1.165) is 53.2 Å². The Bertz CT molecular complexity index is 1680. The summed E-state index contributed by atoms with van der Waals surface area (Å²) >= 11 is 1.76. The van der Waals surface area contributed by atoms with Crippen LogP contribution in [-0.4, -0.2) is 96.5 Å². The van der Waals surface area contributed by atoms with Gasteiger partial charge in [-0.3, -0.25) is 4.79 Å². The lowest BCUT2D eigenvalue weighted by molar-refractivity contribution is 0.0739. The maximum atomic E-state index is 13.8.